The van der Waals surface area contributed by atoms with E-state index in [0.717, 1.165) is 11.5 Å². The fraction of sp³-hybridized carbons (Fsp3) is 0.308. The number of rotatable bonds is 6. The highest BCUT2D eigenvalue weighted by Crippen LogP contribution is 2.20. The van der Waals surface area contributed by atoms with E-state index in [9.17, 15) is 4.79 Å². The number of aromatic nitrogens is 2. The number of carbonyl (C=O) groups is 1. The number of hydrogen-bond donors (Lipinski definition) is 1. The van der Waals surface area contributed by atoms with E-state index in [-0.39, 0.29) is 5.91 Å². The Kier molecular flexibility index (Phi) is 4.89. The predicted octanol–water partition coefficient (Wildman–Crippen LogP) is 2.47. The standard InChI is InChI=1S/C13H15N3O3S/c1-3-11(17)14-13-16-15-12(20-13)8-19-10-6-4-9(18-2)5-7-10/h4-7H,3,8H2,1-2H3,(H,14,16,17). The van der Waals surface area contributed by atoms with Gasteiger partial charge in [-0.15, -0.1) is 10.2 Å². The van der Waals surface area contributed by atoms with Gasteiger partial charge in [0.1, 0.15) is 18.1 Å². The zero-order chi connectivity index (χ0) is 14.4. The molecule has 0 spiro atoms. The lowest BCUT2D eigenvalue weighted by Crippen LogP contribution is -2.08. The zero-order valence-electron chi connectivity index (χ0n) is 11.3. The summed E-state index contributed by atoms with van der Waals surface area (Å²) in [7, 11) is 1.61. The molecule has 2 rings (SSSR count). The molecule has 20 heavy (non-hydrogen) atoms. The number of nitrogens with zero attached hydrogens (tertiary/aromatic N) is 2. The zero-order valence-corrected chi connectivity index (χ0v) is 12.1. The fourth-order valence-corrected chi connectivity index (χ4v) is 2.06. The van der Waals surface area contributed by atoms with Crippen LogP contribution >= 0.6 is 11.3 Å². The lowest BCUT2D eigenvalue weighted by Gasteiger charge is -2.04. The van der Waals surface area contributed by atoms with Crippen molar-refractivity contribution in [2.75, 3.05) is 12.4 Å². The van der Waals surface area contributed by atoms with Gasteiger partial charge in [0.2, 0.25) is 11.0 Å². The van der Waals surface area contributed by atoms with Crippen LogP contribution in [0, 0.1) is 0 Å². The van der Waals surface area contributed by atoms with E-state index in [1.807, 2.05) is 24.3 Å². The molecule has 1 aromatic heterocycles. The first-order chi connectivity index (χ1) is 9.71. The van der Waals surface area contributed by atoms with Crippen LogP contribution in [0.25, 0.3) is 0 Å². The van der Waals surface area contributed by atoms with E-state index in [4.69, 9.17) is 9.47 Å². The molecule has 0 aliphatic heterocycles. The molecular formula is C13H15N3O3S. The number of nitrogens with one attached hydrogen (secondary N) is 1. The van der Waals surface area contributed by atoms with Crippen LogP contribution in [-0.2, 0) is 11.4 Å². The van der Waals surface area contributed by atoms with Gasteiger partial charge in [0.15, 0.2) is 5.01 Å². The highest BCUT2D eigenvalue weighted by molar-refractivity contribution is 7.15. The van der Waals surface area contributed by atoms with Crippen LogP contribution < -0.4 is 14.8 Å². The molecule has 6 nitrogen and oxygen atoms in total. The van der Waals surface area contributed by atoms with Gasteiger partial charge in [-0.05, 0) is 24.3 Å². The van der Waals surface area contributed by atoms with E-state index in [0.29, 0.717) is 23.2 Å². The summed E-state index contributed by atoms with van der Waals surface area (Å²) in [6.45, 7) is 2.09. The van der Waals surface area contributed by atoms with Crippen LogP contribution in [0.3, 0.4) is 0 Å². The van der Waals surface area contributed by atoms with Crippen molar-refractivity contribution >= 4 is 22.4 Å². The monoisotopic (exact) mass is 293 g/mol. The number of carbonyl (C=O) groups excluding carboxylic acids is 1. The van der Waals surface area contributed by atoms with Gasteiger partial charge >= 0.3 is 0 Å². The maximum Gasteiger partial charge on any atom is 0.225 e. The Bertz CT molecular complexity index is 568. The third-order valence-corrected chi connectivity index (χ3v) is 3.27. The third kappa shape index (κ3) is 3.92. The summed E-state index contributed by atoms with van der Waals surface area (Å²) >= 11 is 1.30. The Hall–Kier alpha value is -2.15. The van der Waals surface area contributed by atoms with Crippen LogP contribution in [-0.4, -0.2) is 23.2 Å². The molecule has 0 aliphatic carbocycles. The lowest BCUT2D eigenvalue weighted by atomic mass is 10.3. The molecule has 1 N–H and O–H groups in total. The van der Waals surface area contributed by atoms with E-state index >= 15 is 0 Å². The first-order valence-corrected chi connectivity index (χ1v) is 6.92. The number of methoxy groups -OCH3 is 1. The third-order valence-electron chi connectivity index (χ3n) is 2.46. The van der Waals surface area contributed by atoms with Crippen molar-refractivity contribution in [2.24, 2.45) is 0 Å². The van der Waals surface area contributed by atoms with Gasteiger partial charge in [-0.2, -0.15) is 0 Å². The number of hydrogen-bond acceptors (Lipinski definition) is 6. The minimum absolute atomic E-state index is 0.0798. The van der Waals surface area contributed by atoms with Gasteiger partial charge in [-0.1, -0.05) is 18.3 Å². The van der Waals surface area contributed by atoms with Crippen molar-refractivity contribution in [3.63, 3.8) is 0 Å². The highest BCUT2D eigenvalue weighted by Gasteiger charge is 2.07. The first kappa shape index (κ1) is 14.3. The van der Waals surface area contributed by atoms with Crippen molar-refractivity contribution in [3.8, 4) is 11.5 Å². The second-order valence-electron chi connectivity index (χ2n) is 3.87. The summed E-state index contributed by atoms with van der Waals surface area (Å²) in [6, 6.07) is 7.28. The SMILES string of the molecule is CCC(=O)Nc1nnc(COc2ccc(OC)cc2)s1. The van der Waals surface area contributed by atoms with Crippen molar-refractivity contribution in [2.45, 2.75) is 20.0 Å². The van der Waals surface area contributed by atoms with Crippen LogP contribution in [0.15, 0.2) is 24.3 Å². The molecule has 106 valence electrons. The maximum atomic E-state index is 11.2. The van der Waals surface area contributed by atoms with E-state index in [1.165, 1.54) is 11.3 Å². The average molecular weight is 293 g/mol. The van der Waals surface area contributed by atoms with Crippen LogP contribution in [0.4, 0.5) is 5.13 Å². The molecule has 0 radical (unpaired) electrons. The second-order valence-corrected chi connectivity index (χ2v) is 4.93. The quantitative estimate of drug-likeness (QED) is 0.885. The topological polar surface area (TPSA) is 73.3 Å². The van der Waals surface area contributed by atoms with E-state index in [2.05, 4.69) is 15.5 Å². The first-order valence-electron chi connectivity index (χ1n) is 6.10. The Morgan fingerprint density at radius 3 is 2.60 bits per heavy atom. The van der Waals surface area contributed by atoms with Crippen molar-refractivity contribution < 1.29 is 14.3 Å². The summed E-state index contributed by atoms with van der Waals surface area (Å²) in [4.78, 5) is 11.2. The molecule has 1 heterocycles. The molecule has 2 aromatic rings. The number of ether oxygens (including phenoxy) is 2. The Balaban J connectivity index is 1.88. The summed E-state index contributed by atoms with van der Waals surface area (Å²) in [5.74, 6) is 1.42. The van der Waals surface area contributed by atoms with Crippen molar-refractivity contribution in [1.82, 2.24) is 10.2 Å². The summed E-state index contributed by atoms with van der Waals surface area (Å²) in [5, 5.41) is 11.7. The van der Waals surface area contributed by atoms with Gasteiger partial charge < -0.3 is 14.8 Å². The van der Waals surface area contributed by atoms with E-state index < -0.39 is 0 Å². The largest absolute Gasteiger partial charge is 0.497 e. The van der Waals surface area contributed by atoms with Gasteiger partial charge in [-0.3, -0.25) is 4.79 Å². The molecule has 7 heteroatoms. The van der Waals surface area contributed by atoms with Gasteiger partial charge in [0.05, 0.1) is 7.11 Å². The molecule has 0 fully saturated rings. The Morgan fingerprint density at radius 2 is 1.95 bits per heavy atom. The molecule has 1 aromatic carbocycles. The molecule has 0 unspecified atom stereocenters. The van der Waals surface area contributed by atoms with Crippen LogP contribution in [0.1, 0.15) is 18.4 Å². The number of benzene rings is 1. The molecule has 0 saturated heterocycles. The molecule has 0 aliphatic rings. The summed E-state index contributed by atoms with van der Waals surface area (Å²) in [6.07, 6.45) is 0.414. The van der Waals surface area contributed by atoms with Gasteiger partial charge in [0.25, 0.3) is 0 Å². The predicted molar refractivity (Wildman–Crippen MR) is 76.2 cm³/mol. The summed E-state index contributed by atoms with van der Waals surface area (Å²) < 4.78 is 10.6. The molecular weight excluding hydrogens is 278 g/mol. The van der Waals surface area contributed by atoms with Crippen molar-refractivity contribution in [1.29, 1.82) is 0 Å². The highest BCUT2D eigenvalue weighted by atomic mass is 32.1. The van der Waals surface area contributed by atoms with Gasteiger partial charge in [0, 0.05) is 6.42 Å². The molecule has 0 atom stereocenters. The molecule has 0 bridgehead atoms. The van der Waals surface area contributed by atoms with E-state index in [1.54, 1.807) is 14.0 Å². The number of anilines is 1. The fourth-order valence-electron chi connectivity index (χ4n) is 1.39. The Labute approximate surface area is 120 Å². The Morgan fingerprint density at radius 1 is 1.25 bits per heavy atom. The molecule has 1 amide bonds. The minimum atomic E-state index is -0.0798. The lowest BCUT2D eigenvalue weighted by molar-refractivity contribution is -0.115. The maximum absolute atomic E-state index is 11.2. The summed E-state index contributed by atoms with van der Waals surface area (Å²) in [5.41, 5.74) is 0. The number of amides is 1. The van der Waals surface area contributed by atoms with Gasteiger partial charge in [-0.25, -0.2) is 0 Å². The minimum Gasteiger partial charge on any atom is -0.497 e. The smallest absolute Gasteiger partial charge is 0.225 e. The average Bonchev–Trinajstić information content (AvgIpc) is 2.93. The van der Waals surface area contributed by atoms with Crippen LogP contribution in [0.2, 0.25) is 0 Å². The van der Waals surface area contributed by atoms with Crippen molar-refractivity contribution in [3.05, 3.63) is 29.3 Å². The second kappa shape index (κ2) is 6.85. The molecule has 0 saturated carbocycles. The van der Waals surface area contributed by atoms with Crippen LogP contribution in [0.5, 0.6) is 11.5 Å². The normalized spacial score (nSPS) is 10.1.